The van der Waals surface area contributed by atoms with Crippen LogP contribution in [0.3, 0.4) is 0 Å². The van der Waals surface area contributed by atoms with Gasteiger partial charge in [0.15, 0.2) is 0 Å². The van der Waals surface area contributed by atoms with Crippen LogP contribution < -0.4 is 9.47 Å². The van der Waals surface area contributed by atoms with E-state index in [1.54, 1.807) is 20.1 Å². The molecule has 24 heavy (non-hydrogen) atoms. The topological polar surface area (TPSA) is 72.1 Å². The molecule has 2 aromatic rings. The van der Waals surface area contributed by atoms with Crippen molar-refractivity contribution < 1.29 is 23.8 Å². The van der Waals surface area contributed by atoms with Gasteiger partial charge in [0.25, 0.3) is 0 Å². The van der Waals surface area contributed by atoms with E-state index in [9.17, 15) is 4.79 Å². The lowest BCUT2D eigenvalue weighted by Gasteiger charge is -2.25. The third-order valence-electron chi connectivity index (χ3n) is 4.37. The number of carbonyl (C=O) groups is 1. The van der Waals surface area contributed by atoms with Crippen LogP contribution >= 0.6 is 0 Å². The summed E-state index contributed by atoms with van der Waals surface area (Å²) in [5.41, 5.74) is 1.71. The maximum Gasteiger partial charge on any atom is 0.372 e. The molecule has 2 heterocycles. The highest BCUT2D eigenvalue weighted by atomic mass is 16.5. The van der Waals surface area contributed by atoms with Crippen molar-refractivity contribution in [1.82, 2.24) is 4.90 Å². The number of aromatic carboxylic acids is 1. The molecule has 1 aliphatic rings. The second-order valence-electron chi connectivity index (χ2n) is 5.93. The van der Waals surface area contributed by atoms with Crippen molar-refractivity contribution >= 4 is 5.97 Å². The number of hydrogen-bond acceptors (Lipinski definition) is 5. The second kappa shape index (κ2) is 6.57. The molecule has 6 nitrogen and oxygen atoms in total. The zero-order chi connectivity index (χ0) is 17.3. The van der Waals surface area contributed by atoms with Crippen LogP contribution in [0.25, 0.3) is 0 Å². The molecule has 0 amide bonds. The van der Waals surface area contributed by atoms with Gasteiger partial charge in [-0.3, -0.25) is 4.90 Å². The zero-order valence-electron chi connectivity index (χ0n) is 14.0. The number of nitrogens with zero attached hydrogens (tertiary/aromatic N) is 1. The van der Waals surface area contributed by atoms with Gasteiger partial charge in [0.05, 0.1) is 13.2 Å². The maximum absolute atomic E-state index is 11.2. The first-order valence-electron chi connectivity index (χ1n) is 7.87. The second-order valence-corrected chi connectivity index (χ2v) is 5.93. The molecule has 1 aliphatic heterocycles. The predicted molar refractivity (Wildman–Crippen MR) is 87.7 cm³/mol. The van der Waals surface area contributed by atoms with Gasteiger partial charge >= 0.3 is 5.97 Å². The fourth-order valence-electron chi connectivity index (χ4n) is 2.93. The van der Waals surface area contributed by atoms with E-state index in [4.69, 9.17) is 19.0 Å². The van der Waals surface area contributed by atoms with Crippen molar-refractivity contribution in [3.63, 3.8) is 0 Å². The highest BCUT2D eigenvalue weighted by molar-refractivity contribution is 5.86. The summed E-state index contributed by atoms with van der Waals surface area (Å²) in [7, 11) is 1.63. The number of benzene rings is 1. The Bertz CT molecular complexity index is 752. The first kappa shape index (κ1) is 16.4. The third-order valence-corrected chi connectivity index (χ3v) is 4.37. The lowest BCUT2D eigenvalue weighted by Crippen LogP contribution is -2.28. The Morgan fingerprint density at radius 1 is 1.38 bits per heavy atom. The molecule has 1 aromatic carbocycles. The summed E-state index contributed by atoms with van der Waals surface area (Å²) in [6, 6.07) is 7.55. The van der Waals surface area contributed by atoms with Gasteiger partial charge in [0, 0.05) is 30.3 Å². The van der Waals surface area contributed by atoms with E-state index in [-0.39, 0.29) is 11.8 Å². The number of methoxy groups -OCH3 is 1. The van der Waals surface area contributed by atoms with E-state index in [0.717, 1.165) is 23.6 Å². The van der Waals surface area contributed by atoms with E-state index >= 15 is 0 Å². The molecule has 1 aromatic heterocycles. The zero-order valence-corrected chi connectivity index (χ0v) is 14.0. The molecule has 0 saturated heterocycles. The number of ether oxygens (including phenoxy) is 2. The van der Waals surface area contributed by atoms with Crippen molar-refractivity contribution in [3.05, 3.63) is 46.9 Å². The van der Waals surface area contributed by atoms with Gasteiger partial charge in [0.1, 0.15) is 23.9 Å². The molecule has 1 atom stereocenters. The molecule has 0 bridgehead atoms. The number of carboxylic acids is 1. The molecule has 1 unspecified atom stereocenters. The minimum atomic E-state index is -1.04. The van der Waals surface area contributed by atoms with Gasteiger partial charge < -0.3 is 19.0 Å². The van der Waals surface area contributed by atoms with Crippen LogP contribution in [0.4, 0.5) is 0 Å². The average molecular weight is 331 g/mol. The summed E-state index contributed by atoms with van der Waals surface area (Å²) in [6.07, 6.45) is 0. The van der Waals surface area contributed by atoms with Crippen LogP contribution in [0.1, 0.15) is 40.4 Å². The van der Waals surface area contributed by atoms with Crippen molar-refractivity contribution in [1.29, 1.82) is 0 Å². The van der Waals surface area contributed by atoms with E-state index in [0.29, 0.717) is 24.5 Å². The normalized spacial score (nSPS) is 16.0. The largest absolute Gasteiger partial charge is 0.497 e. The van der Waals surface area contributed by atoms with Crippen LogP contribution in [0.5, 0.6) is 11.5 Å². The van der Waals surface area contributed by atoms with Crippen molar-refractivity contribution in [2.45, 2.75) is 26.4 Å². The Morgan fingerprint density at radius 2 is 2.17 bits per heavy atom. The lowest BCUT2D eigenvalue weighted by molar-refractivity contribution is 0.0653. The molecule has 0 saturated carbocycles. The Kier molecular flexibility index (Phi) is 4.49. The minimum Gasteiger partial charge on any atom is -0.497 e. The highest BCUT2D eigenvalue weighted by Gasteiger charge is 2.25. The third kappa shape index (κ3) is 3.10. The number of fused-ring (bicyclic) bond motifs is 1. The van der Waals surface area contributed by atoms with Gasteiger partial charge in [-0.1, -0.05) is 6.07 Å². The monoisotopic (exact) mass is 331 g/mol. The smallest absolute Gasteiger partial charge is 0.372 e. The fraction of sp³-hybridized carbons (Fsp3) is 0.389. The number of furan rings is 1. The van der Waals surface area contributed by atoms with Gasteiger partial charge in [-0.25, -0.2) is 4.79 Å². The van der Waals surface area contributed by atoms with E-state index < -0.39 is 5.97 Å². The summed E-state index contributed by atoms with van der Waals surface area (Å²) < 4.78 is 16.6. The average Bonchev–Trinajstić information content (AvgIpc) is 2.83. The number of hydrogen-bond donors (Lipinski definition) is 1. The van der Waals surface area contributed by atoms with Crippen LogP contribution in [0, 0.1) is 6.92 Å². The SMILES string of the molecule is COc1ccc2c(c1)OCCN(C(C)c1cc(C)c(C(=O)O)o1)C2. The number of aryl methyl sites for hydroxylation is 1. The number of carboxylic acid groups (broad SMARTS) is 1. The van der Waals surface area contributed by atoms with Gasteiger partial charge in [-0.15, -0.1) is 0 Å². The highest BCUT2D eigenvalue weighted by Crippen LogP contribution is 2.32. The first-order valence-corrected chi connectivity index (χ1v) is 7.87. The van der Waals surface area contributed by atoms with Gasteiger partial charge in [-0.05, 0) is 26.0 Å². The van der Waals surface area contributed by atoms with Gasteiger partial charge in [0.2, 0.25) is 5.76 Å². The van der Waals surface area contributed by atoms with Crippen LogP contribution in [-0.2, 0) is 6.54 Å². The summed E-state index contributed by atoms with van der Waals surface area (Å²) >= 11 is 0. The standard InChI is InChI=1S/C18H21NO5/c1-11-8-15(24-17(11)18(20)21)12(2)19-6-7-23-16-9-14(22-3)5-4-13(16)10-19/h4-5,8-9,12H,6-7,10H2,1-3H3,(H,20,21). The first-order chi connectivity index (χ1) is 11.5. The summed E-state index contributed by atoms with van der Waals surface area (Å²) in [5, 5.41) is 9.16. The molecular formula is C18H21NO5. The Morgan fingerprint density at radius 3 is 2.83 bits per heavy atom. The van der Waals surface area contributed by atoms with Crippen LogP contribution in [-0.4, -0.2) is 36.2 Å². The van der Waals surface area contributed by atoms with Gasteiger partial charge in [-0.2, -0.15) is 0 Å². The molecule has 0 aliphatic carbocycles. The molecule has 0 spiro atoms. The molecule has 1 N–H and O–H groups in total. The van der Waals surface area contributed by atoms with E-state index in [1.807, 2.05) is 25.1 Å². The molecule has 6 heteroatoms. The summed E-state index contributed by atoms with van der Waals surface area (Å²) in [5.74, 6) is 1.21. The quantitative estimate of drug-likeness (QED) is 0.927. The van der Waals surface area contributed by atoms with Crippen molar-refractivity contribution in [2.24, 2.45) is 0 Å². The van der Waals surface area contributed by atoms with Crippen molar-refractivity contribution in [3.8, 4) is 11.5 Å². The minimum absolute atomic E-state index is 0.00746. The summed E-state index contributed by atoms with van der Waals surface area (Å²) in [6.45, 7) is 5.73. The Balaban J connectivity index is 1.83. The number of rotatable bonds is 4. The molecular weight excluding hydrogens is 310 g/mol. The Hall–Kier alpha value is -2.47. The predicted octanol–water partition coefficient (Wildman–Crippen LogP) is 3.25. The van der Waals surface area contributed by atoms with Crippen LogP contribution in [0.2, 0.25) is 0 Å². The lowest BCUT2D eigenvalue weighted by atomic mass is 10.1. The summed E-state index contributed by atoms with van der Waals surface area (Å²) in [4.78, 5) is 13.4. The Labute approximate surface area is 140 Å². The fourth-order valence-corrected chi connectivity index (χ4v) is 2.93. The van der Waals surface area contributed by atoms with Crippen LogP contribution in [0.15, 0.2) is 28.7 Å². The van der Waals surface area contributed by atoms with E-state index in [2.05, 4.69) is 4.90 Å². The van der Waals surface area contributed by atoms with Crippen molar-refractivity contribution in [2.75, 3.05) is 20.3 Å². The molecule has 0 radical (unpaired) electrons. The molecule has 3 rings (SSSR count). The van der Waals surface area contributed by atoms with E-state index in [1.165, 1.54) is 0 Å². The maximum atomic E-state index is 11.2. The molecule has 128 valence electrons. The molecule has 0 fully saturated rings.